The van der Waals surface area contributed by atoms with Gasteiger partial charge in [-0.2, -0.15) is 0 Å². The average molecular weight is 222 g/mol. The van der Waals surface area contributed by atoms with Crippen molar-refractivity contribution >= 4 is 5.97 Å². The number of esters is 1. The molecule has 3 nitrogen and oxygen atoms in total. The van der Waals surface area contributed by atoms with Crippen molar-refractivity contribution in [3.05, 3.63) is 29.3 Å². The van der Waals surface area contributed by atoms with Crippen molar-refractivity contribution in [1.82, 2.24) is 0 Å². The fourth-order valence-corrected chi connectivity index (χ4v) is 1.84. The number of hydrogen-bond donors (Lipinski definition) is 1. The number of ether oxygens (including phenoxy) is 1. The summed E-state index contributed by atoms with van der Waals surface area (Å²) in [6.45, 7) is 4.22. The molecule has 0 saturated carbocycles. The van der Waals surface area contributed by atoms with E-state index in [2.05, 4.69) is 18.6 Å². The van der Waals surface area contributed by atoms with Gasteiger partial charge >= 0.3 is 5.97 Å². The number of carbonyl (C=O) groups excluding carboxylic acids is 1. The van der Waals surface area contributed by atoms with Crippen LogP contribution >= 0.6 is 0 Å². The SMILES string of the molecule is CCC(CC)c1ccc(O)c(C(=O)OC)c1. The second-order valence-corrected chi connectivity index (χ2v) is 3.78. The lowest BCUT2D eigenvalue weighted by atomic mass is 9.92. The third-order valence-corrected chi connectivity index (χ3v) is 2.88. The van der Waals surface area contributed by atoms with Crippen molar-refractivity contribution in [3.63, 3.8) is 0 Å². The lowest BCUT2D eigenvalue weighted by molar-refractivity contribution is 0.0597. The maximum Gasteiger partial charge on any atom is 0.341 e. The van der Waals surface area contributed by atoms with Gasteiger partial charge in [-0.1, -0.05) is 19.9 Å². The maximum atomic E-state index is 11.4. The van der Waals surface area contributed by atoms with Gasteiger partial charge in [-0.15, -0.1) is 0 Å². The van der Waals surface area contributed by atoms with Gasteiger partial charge in [0.1, 0.15) is 11.3 Å². The van der Waals surface area contributed by atoms with Crippen molar-refractivity contribution in [1.29, 1.82) is 0 Å². The summed E-state index contributed by atoms with van der Waals surface area (Å²) in [7, 11) is 1.31. The summed E-state index contributed by atoms with van der Waals surface area (Å²) < 4.78 is 4.62. The molecule has 16 heavy (non-hydrogen) atoms. The molecule has 88 valence electrons. The minimum atomic E-state index is -0.495. The summed E-state index contributed by atoms with van der Waals surface area (Å²) in [6, 6.07) is 5.14. The fourth-order valence-electron chi connectivity index (χ4n) is 1.84. The third-order valence-electron chi connectivity index (χ3n) is 2.88. The summed E-state index contributed by atoms with van der Waals surface area (Å²) in [5.74, 6) is -0.101. The molecule has 0 saturated heterocycles. The van der Waals surface area contributed by atoms with Crippen LogP contribution in [0.4, 0.5) is 0 Å². The number of phenolic OH excluding ortho intramolecular Hbond substituents is 1. The molecule has 0 aromatic heterocycles. The molecule has 3 heteroatoms. The van der Waals surface area contributed by atoms with E-state index in [9.17, 15) is 9.90 Å². The zero-order valence-corrected chi connectivity index (χ0v) is 9.99. The van der Waals surface area contributed by atoms with Gasteiger partial charge in [-0.3, -0.25) is 0 Å². The Bertz CT molecular complexity index is 367. The maximum absolute atomic E-state index is 11.4. The Morgan fingerprint density at radius 3 is 2.50 bits per heavy atom. The molecule has 1 N–H and O–H groups in total. The van der Waals surface area contributed by atoms with Crippen LogP contribution in [0.1, 0.15) is 48.5 Å². The van der Waals surface area contributed by atoms with E-state index in [0.717, 1.165) is 18.4 Å². The molecule has 0 aliphatic rings. The molecule has 0 spiro atoms. The van der Waals surface area contributed by atoms with Crippen molar-refractivity contribution in [2.45, 2.75) is 32.6 Å². The number of hydrogen-bond acceptors (Lipinski definition) is 3. The topological polar surface area (TPSA) is 46.5 Å². The summed E-state index contributed by atoms with van der Waals surface area (Å²) in [5, 5.41) is 9.56. The number of carbonyl (C=O) groups is 1. The van der Waals surface area contributed by atoms with Gasteiger partial charge in [0, 0.05) is 0 Å². The molecule has 0 bridgehead atoms. The summed E-state index contributed by atoms with van der Waals surface area (Å²) in [5.41, 5.74) is 1.31. The minimum Gasteiger partial charge on any atom is -0.507 e. The number of phenols is 1. The Morgan fingerprint density at radius 2 is 2.00 bits per heavy atom. The van der Waals surface area contributed by atoms with Gasteiger partial charge in [0.05, 0.1) is 7.11 Å². The Morgan fingerprint density at radius 1 is 1.38 bits per heavy atom. The Kier molecular flexibility index (Phi) is 4.35. The van der Waals surface area contributed by atoms with E-state index >= 15 is 0 Å². The van der Waals surface area contributed by atoms with Crippen LogP contribution in [0, 0.1) is 0 Å². The van der Waals surface area contributed by atoms with E-state index in [1.807, 2.05) is 6.07 Å². The van der Waals surface area contributed by atoms with Crippen LogP contribution in [-0.2, 0) is 4.74 Å². The highest BCUT2D eigenvalue weighted by Gasteiger charge is 2.15. The molecule has 0 heterocycles. The number of methoxy groups -OCH3 is 1. The monoisotopic (exact) mass is 222 g/mol. The minimum absolute atomic E-state index is 0.0263. The first-order chi connectivity index (χ1) is 7.63. The zero-order valence-electron chi connectivity index (χ0n) is 9.99. The van der Waals surface area contributed by atoms with Crippen molar-refractivity contribution < 1.29 is 14.6 Å². The first-order valence-corrected chi connectivity index (χ1v) is 5.55. The molecule has 0 fully saturated rings. The van der Waals surface area contributed by atoms with E-state index in [1.165, 1.54) is 7.11 Å². The quantitative estimate of drug-likeness (QED) is 0.796. The molecule has 1 rings (SSSR count). The van der Waals surface area contributed by atoms with Gasteiger partial charge in [-0.25, -0.2) is 4.79 Å². The highest BCUT2D eigenvalue weighted by Crippen LogP contribution is 2.27. The van der Waals surface area contributed by atoms with Crippen LogP contribution in [0.2, 0.25) is 0 Å². The van der Waals surface area contributed by atoms with Gasteiger partial charge in [0.2, 0.25) is 0 Å². The van der Waals surface area contributed by atoms with Crippen LogP contribution in [0.5, 0.6) is 5.75 Å². The first-order valence-electron chi connectivity index (χ1n) is 5.55. The normalized spacial score (nSPS) is 10.5. The molecule has 0 amide bonds. The molecule has 0 aliphatic carbocycles. The molecule has 0 unspecified atom stereocenters. The van der Waals surface area contributed by atoms with Crippen LogP contribution in [0.25, 0.3) is 0 Å². The predicted molar refractivity (Wildman–Crippen MR) is 62.8 cm³/mol. The second kappa shape index (κ2) is 5.54. The highest BCUT2D eigenvalue weighted by atomic mass is 16.5. The molecule has 0 aliphatic heterocycles. The van der Waals surface area contributed by atoms with Gasteiger partial charge in [0.15, 0.2) is 0 Å². The summed E-state index contributed by atoms with van der Waals surface area (Å²) >= 11 is 0. The van der Waals surface area contributed by atoms with Gasteiger partial charge in [-0.05, 0) is 36.5 Å². The molecule has 1 aromatic carbocycles. The van der Waals surface area contributed by atoms with Crippen LogP contribution in [0.15, 0.2) is 18.2 Å². The first kappa shape index (κ1) is 12.6. The molecular formula is C13H18O3. The van der Waals surface area contributed by atoms with Gasteiger partial charge in [0.25, 0.3) is 0 Å². The number of benzene rings is 1. The standard InChI is InChI=1S/C13H18O3/c1-4-9(5-2)10-6-7-12(14)11(8-10)13(15)16-3/h6-9,14H,4-5H2,1-3H3. The van der Waals surface area contributed by atoms with E-state index < -0.39 is 5.97 Å². The van der Waals surface area contributed by atoms with Crippen LogP contribution < -0.4 is 0 Å². The fraction of sp³-hybridized carbons (Fsp3) is 0.462. The van der Waals surface area contributed by atoms with Crippen molar-refractivity contribution in [2.75, 3.05) is 7.11 Å². The Balaban J connectivity index is 3.11. The molecule has 0 radical (unpaired) electrons. The number of aromatic hydroxyl groups is 1. The molecule has 1 aromatic rings. The number of rotatable bonds is 4. The highest BCUT2D eigenvalue weighted by molar-refractivity contribution is 5.92. The van der Waals surface area contributed by atoms with E-state index in [-0.39, 0.29) is 11.3 Å². The van der Waals surface area contributed by atoms with Crippen LogP contribution in [-0.4, -0.2) is 18.2 Å². The predicted octanol–water partition coefficient (Wildman–Crippen LogP) is 3.08. The van der Waals surface area contributed by atoms with E-state index in [4.69, 9.17) is 0 Å². The lowest BCUT2D eigenvalue weighted by Crippen LogP contribution is -2.04. The Hall–Kier alpha value is -1.51. The average Bonchev–Trinajstić information content (AvgIpc) is 2.31. The van der Waals surface area contributed by atoms with Gasteiger partial charge < -0.3 is 9.84 Å². The molecular weight excluding hydrogens is 204 g/mol. The zero-order chi connectivity index (χ0) is 12.1. The Labute approximate surface area is 96.1 Å². The van der Waals surface area contributed by atoms with E-state index in [0.29, 0.717) is 5.92 Å². The largest absolute Gasteiger partial charge is 0.507 e. The molecule has 0 atom stereocenters. The van der Waals surface area contributed by atoms with Crippen molar-refractivity contribution in [2.24, 2.45) is 0 Å². The van der Waals surface area contributed by atoms with Crippen molar-refractivity contribution in [3.8, 4) is 5.75 Å². The summed E-state index contributed by atoms with van der Waals surface area (Å²) in [6.07, 6.45) is 2.03. The second-order valence-electron chi connectivity index (χ2n) is 3.78. The third kappa shape index (κ3) is 2.54. The summed E-state index contributed by atoms with van der Waals surface area (Å²) in [4.78, 5) is 11.4. The van der Waals surface area contributed by atoms with Crippen LogP contribution in [0.3, 0.4) is 0 Å². The van der Waals surface area contributed by atoms with E-state index in [1.54, 1.807) is 12.1 Å². The lowest BCUT2D eigenvalue weighted by Gasteiger charge is -2.14. The smallest absolute Gasteiger partial charge is 0.341 e.